The zero-order valence-corrected chi connectivity index (χ0v) is 18.9. The smallest absolute Gasteiger partial charge is 0.411 e. The Morgan fingerprint density at radius 2 is 1.63 bits per heavy atom. The van der Waals surface area contributed by atoms with Gasteiger partial charge in [-0.2, -0.15) is 0 Å². The van der Waals surface area contributed by atoms with E-state index in [0.717, 1.165) is 27.2 Å². The van der Waals surface area contributed by atoms with Gasteiger partial charge >= 0.3 is 12.1 Å². The lowest BCUT2D eigenvalue weighted by Crippen LogP contribution is -2.38. The largest absolute Gasteiger partial charge is 0.480 e. The van der Waals surface area contributed by atoms with Crippen LogP contribution in [-0.2, 0) is 20.7 Å². The van der Waals surface area contributed by atoms with Gasteiger partial charge in [0.25, 0.3) is 0 Å². The molecule has 2 aromatic carbocycles. The normalized spacial score (nSPS) is 11.9. The number of fused-ring (bicyclic) bond motifs is 3. The SMILES string of the molecule is O=C(O)CN(CCO)C(=O)Cc1ccc(NC(=O)OCC2c3ccccc3-c3ccccc32)cn1. The highest BCUT2D eigenvalue weighted by Gasteiger charge is 2.29. The number of hydrogen-bond acceptors (Lipinski definition) is 6. The average Bonchev–Trinajstić information content (AvgIpc) is 3.17. The minimum absolute atomic E-state index is 0.0488. The van der Waals surface area contributed by atoms with Crippen LogP contribution in [0, 0.1) is 0 Å². The maximum Gasteiger partial charge on any atom is 0.411 e. The number of aromatic nitrogens is 1. The molecule has 1 aromatic heterocycles. The quantitative estimate of drug-likeness (QED) is 0.434. The molecule has 9 heteroatoms. The number of nitrogens with zero attached hydrogens (tertiary/aromatic N) is 2. The minimum Gasteiger partial charge on any atom is -0.480 e. The number of aliphatic hydroxyl groups is 1. The van der Waals surface area contributed by atoms with Crippen molar-refractivity contribution in [2.75, 3.05) is 31.6 Å². The first-order chi connectivity index (χ1) is 17.0. The predicted molar refractivity (Wildman–Crippen MR) is 128 cm³/mol. The summed E-state index contributed by atoms with van der Waals surface area (Å²) >= 11 is 0. The van der Waals surface area contributed by atoms with E-state index in [0.29, 0.717) is 11.4 Å². The number of hydrogen-bond donors (Lipinski definition) is 3. The third kappa shape index (κ3) is 5.64. The number of rotatable bonds is 9. The van der Waals surface area contributed by atoms with Crippen molar-refractivity contribution in [2.45, 2.75) is 12.3 Å². The Morgan fingerprint density at radius 3 is 2.20 bits per heavy atom. The highest BCUT2D eigenvalue weighted by Crippen LogP contribution is 2.44. The standard InChI is InChI=1S/C26H25N3O6/c30-12-11-29(15-25(32)33)24(31)13-17-9-10-18(14-27-17)28-26(34)35-16-23-21-7-3-1-5-19(21)20-6-2-4-8-22(20)23/h1-10,14,23,30H,11-13,15-16H2,(H,28,34)(H,32,33). The van der Waals surface area contributed by atoms with Crippen LogP contribution in [0.25, 0.3) is 11.1 Å². The number of anilines is 1. The van der Waals surface area contributed by atoms with Gasteiger partial charge in [-0.15, -0.1) is 0 Å². The van der Waals surface area contributed by atoms with Crippen LogP contribution in [0.4, 0.5) is 10.5 Å². The van der Waals surface area contributed by atoms with Crippen LogP contribution >= 0.6 is 0 Å². The fraction of sp³-hybridized carbons (Fsp3) is 0.231. The molecule has 35 heavy (non-hydrogen) atoms. The van der Waals surface area contributed by atoms with Crippen LogP contribution in [-0.4, -0.2) is 64.4 Å². The zero-order chi connectivity index (χ0) is 24.8. The Kier molecular flexibility index (Phi) is 7.37. The summed E-state index contributed by atoms with van der Waals surface area (Å²) in [7, 11) is 0. The lowest BCUT2D eigenvalue weighted by atomic mass is 9.98. The van der Waals surface area contributed by atoms with Gasteiger partial charge in [-0.3, -0.25) is 19.9 Å². The molecule has 0 aliphatic heterocycles. The topological polar surface area (TPSA) is 129 Å². The molecular weight excluding hydrogens is 450 g/mol. The molecule has 0 saturated heterocycles. The van der Waals surface area contributed by atoms with Gasteiger partial charge in [0.1, 0.15) is 13.2 Å². The maximum atomic E-state index is 12.4. The molecule has 0 saturated carbocycles. The lowest BCUT2D eigenvalue weighted by Gasteiger charge is -2.19. The molecule has 0 bridgehead atoms. The van der Waals surface area contributed by atoms with Crippen LogP contribution in [0.5, 0.6) is 0 Å². The van der Waals surface area contributed by atoms with Crippen molar-refractivity contribution >= 4 is 23.7 Å². The number of carboxylic acid groups (broad SMARTS) is 1. The second-order valence-corrected chi connectivity index (χ2v) is 8.10. The van der Waals surface area contributed by atoms with Gasteiger partial charge in [0.05, 0.1) is 24.9 Å². The summed E-state index contributed by atoms with van der Waals surface area (Å²) in [5.74, 6) is -1.68. The highest BCUT2D eigenvalue weighted by atomic mass is 16.5. The predicted octanol–water partition coefficient (Wildman–Crippen LogP) is 2.89. The Balaban J connectivity index is 1.33. The van der Waals surface area contributed by atoms with Crippen molar-refractivity contribution in [1.82, 2.24) is 9.88 Å². The summed E-state index contributed by atoms with van der Waals surface area (Å²) in [4.78, 5) is 40.8. The van der Waals surface area contributed by atoms with Gasteiger partial charge < -0.3 is 19.8 Å². The van der Waals surface area contributed by atoms with Gasteiger partial charge in [0.15, 0.2) is 0 Å². The van der Waals surface area contributed by atoms with Crippen LogP contribution in [0.2, 0.25) is 0 Å². The molecule has 0 atom stereocenters. The van der Waals surface area contributed by atoms with E-state index < -0.39 is 24.5 Å². The fourth-order valence-corrected chi connectivity index (χ4v) is 4.20. The number of benzene rings is 2. The molecule has 180 valence electrons. The van der Waals surface area contributed by atoms with Gasteiger partial charge in [-0.1, -0.05) is 48.5 Å². The molecule has 1 heterocycles. The van der Waals surface area contributed by atoms with Crippen LogP contribution in [0.3, 0.4) is 0 Å². The number of nitrogens with one attached hydrogen (secondary N) is 1. The molecule has 0 spiro atoms. The molecule has 4 rings (SSSR count). The number of aliphatic carboxylic acids is 1. The first-order valence-electron chi connectivity index (χ1n) is 11.1. The number of ether oxygens (including phenoxy) is 1. The second-order valence-electron chi connectivity index (χ2n) is 8.10. The number of pyridine rings is 1. The number of aliphatic hydroxyl groups excluding tert-OH is 1. The maximum absolute atomic E-state index is 12.4. The van der Waals surface area contributed by atoms with Crippen molar-refractivity contribution in [1.29, 1.82) is 0 Å². The Hall–Kier alpha value is -4.24. The van der Waals surface area contributed by atoms with E-state index in [9.17, 15) is 14.4 Å². The van der Waals surface area contributed by atoms with Crippen molar-refractivity contribution in [2.24, 2.45) is 0 Å². The molecular formula is C26H25N3O6. The van der Waals surface area contributed by atoms with Gasteiger partial charge in [-0.25, -0.2) is 4.79 Å². The molecule has 3 aromatic rings. The Labute approximate surface area is 202 Å². The van der Waals surface area contributed by atoms with E-state index in [2.05, 4.69) is 22.4 Å². The molecule has 9 nitrogen and oxygen atoms in total. The highest BCUT2D eigenvalue weighted by molar-refractivity contribution is 5.85. The number of amides is 2. The van der Waals surface area contributed by atoms with E-state index in [4.69, 9.17) is 14.9 Å². The number of carbonyl (C=O) groups is 3. The summed E-state index contributed by atoms with van der Waals surface area (Å²) in [6.07, 6.45) is 0.656. The van der Waals surface area contributed by atoms with Crippen LogP contribution in [0.15, 0.2) is 66.9 Å². The van der Waals surface area contributed by atoms with Crippen LogP contribution < -0.4 is 5.32 Å². The summed E-state index contributed by atoms with van der Waals surface area (Å²) in [6, 6.07) is 19.3. The van der Waals surface area contributed by atoms with E-state index in [1.807, 2.05) is 36.4 Å². The average molecular weight is 476 g/mol. The Bertz CT molecular complexity index is 1180. The number of carbonyl (C=O) groups excluding carboxylic acids is 2. The number of carboxylic acids is 1. The molecule has 0 radical (unpaired) electrons. The van der Waals surface area contributed by atoms with Gasteiger partial charge in [-0.05, 0) is 34.4 Å². The minimum atomic E-state index is -1.16. The van der Waals surface area contributed by atoms with E-state index in [-0.39, 0.29) is 32.1 Å². The summed E-state index contributed by atoms with van der Waals surface area (Å²) in [6.45, 7) is -0.729. The first-order valence-corrected chi connectivity index (χ1v) is 11.1. The van der Waals surface area contributed by atoms with Crippen molar-refractivity contribution in [3.8, 4) is 11.1 Å². The van der Waals surface area contributed by atoms with E-state index >= 15 is 0 Å². The molecule has 1 aliphatic carbocycles. The zero-order valence-electron chi connectivity index (χ0n) is 18.9. The molecule has 3 N–H and O–H groups in total. The second kappa shape index (κ2) is 10.8. The summed E-state index contributed by atoms with van der Waals surface area (Å²) in [5, 5.41) is 20.6. The van der Waals surface area contributed by atoms with Gasteiger partial charge in [0.2, 0.25) is 5.91 Å². The molecule has 0 unspecified atom stereocenters. The Morgan fingerprint density at radius 1 is 0.971 bits per heavy atom. The van der Waals surface area contributed by atoms with E-state index in [1.54, 1.807) is 12.1 Å². The fourth-order valence-electron chi connectivity index (χ4n) is 4.20. The molecule has 1 aliphatic rings. The lowest BCUT2D eigenvalue weighted by molar-refractivity contribution is -0.144. The summed E-state index contributed by atoms with van der Waals surface area (Å²) < 4.78 is 5.52. The molecule has 0 fully saturated rings. The third-order valence-electron chi connectivity index (χ3n) is 5.80. The van der Waals surface area contributed by atoms with E-state index in [1.165, 1.54) is 6.20 Å². The monoisotopic (exact) mass is 475 g/mol. The molecule has 2 amide bonds. The summed E-state index contributed by atoms with van der Waals surface area (Å²) in [5.41, 5.74) is 5.34. The van der Waals surface area contributed by atoms with Gasteiger partial charge in [0, 0.05) is 18.2 Å². The van der Waals surface area contributed by atoms with Crippen molar-refractivity contribution in [3.05, 3.63) is 83.7 Å². The third-order valence-corrected chi connectivity index (χ3v) is 5.80. The van der Waals surface area contributed by atoms with Crippen molar-refractivity contribution in [3.63, 3.8) is 0 Å². The first kappa shape index (κ1) is 23.9. The van der Waals surface area contributed by atoms with Crippen molar-refractivity contribution < 1.29 is 29.3 Å². The van der Waals surface area contributed by atoms with Crippen LogP contribution in [0.1, 0.15) is 22.7 Å².